The molecule has 1 aliphatic rings. The second kappa shape index (κ2) is 6.11. The van der Waals surface area contributed by atoms with Gasteiger partial charge in [-0.05, 0) is 25.7 Å². The highest BCUT2D eigenvalue weighted by molar-refractivity contribution is 5.76. The minimum atomic E-state index is -0.00846. The average molecular weight is 212 g/mol. The van der Waals surface area contributed by atoms with Crippen LogP contribution in [0.4, 0.5) is 0 Å². The molecule has 0 aromatic rings. The van der Waals surface area contributed by atoms with Crippen LogP contribution in [0.15, 0.2) is 0 Å². The van der Waals surface area contributed by atoms with Crippen molar-refractivity contribution in [3.8, 4) is 0 Å². The summed E-state index contributed by atoms with van der Waals surface area (Å²) in [5, 5.41) is 0. The molecule has 1 aliphatic heterocycles. The first-order valence-electron chi connectivity index (χ1n) is 6.16. The van der Waals surface area contributed by atoms with Crippen molar-refractivity contribution in [1.29, 1.82) is 0 Å². The smallest absolute Gasteiger partial charge is 0.224 e. The molecular weight excluding hydrogens is 188 g/mol. The van der Waals surface area contributed by atoms with Crippen LogP contribution in [0, 0.1) is 5.92 Å². The maximum atomic E-state index is 11.7. The quantitative estimate of drug-likeness (QED) is 0.772. The van der Waals surface area contributed by atoms with E-state index >= 15 is 0 Å². The lowest BCUT2D eigenvalue weighted by Crippen LogP contribution is -2.40. The maximum Gasteiger partial charge on any atom is 0.224 e. The van der Waals surface area contributed by atoms with Crippen LogP contribution < -0.4 is 5.73 Å². The second-order valence-electron chi connectivity index (χ2n) is 4.79. The maximum absolute atomic E-state index is 11.7. The van der Waals surface area contributed by atoms with Crippen molar-refractivity contribution in [1.82, 2.24) is 4.90 Å². The Labute approximate surface area is 93.0 Å². The van der Waals surface area contributed by atoms with Crippen molar-refractivity contribution in [3.63, 3.8) is 0 Å². The zero-order chi connectivity index (χ0) is 11.3. The van der Waals surface area contributed by atoms with Gasteiger partial charge in [0.25, 0.3) is 0 Å². The number of likely N-dealkylation sites (tertiary alicyclic amines) is 1. The molecule has 1 unspecified atom stereocenters. The van der Waals surface area contributed by atoms with Crippen molar-refractivity contribution in [3.05, 3.63) is 0 Å². The summed E-state index contributed by atoms with van der Waals surface area (Å²) in [6, 6.07) is -0.00846. The van der Waals surface area contributed by atoms with Gasteiger partial charge in [0.05, 0.1) is 0 Å². The van der Waals surface area contributed by atoms with E-state index in [2.05, 4.69) is 6.92 Å². The van der Waals surface area contributed by atoms with E-state index in [-0.39, 0.29) is 11.9 Å². The van der Waals surface area contributed by atoms with Crippen LogP contribution in [-0.4, -0.2) is 29.9 Å². The van der Waals surface area contributed by atoms with E-state index in [1.165, 1.54) is 25.7 Å². The highest BCUT2D eigenvalue weighted by Gasteiger charge is 2.22. The molecule has 1 heterocycles. The number of carbonyl (C=O) groups is 1. The number of nitrogens with two attached hydrogens (primary N) is 1. The minimum absolute atomic E-state index is 0.00846. The Kier molecular flexibility index (Phi) is 5.09. The summed E-state index contributed by atoms with van der Waals surface area (Å²) in [6.45, 7) is 6.00. The van der Waals surface area contributed by atoms with Gasteiger partial charge < -0.3 is 10.6 Å². The Balaban J connectivity index is 2.27. The molecule has 3 nitrogen and oxygen atoms in total. The highest BCUT2D eigenvalue weighted by Crippen LogP contribution is 2.22. The zero-order valence-electron chi connectivity index (χ0n) is 10.0. The van der Waals surface area contributed by atoms with E-state index in [1.807, 2.05) is 11.8 Å². The fourth-order valence-electron chi connectivity index (χ4n) is 2.28. The van der Waals surface area contributed by atoms with Crippen molar-refractivity contribution in [2.24, 2.45) is 11.7 Å². The van der Waals surface area contributed by atoms with Crippen LogP contribution in [0.3, 0.4) is 0 Å². The monoisotopic (exact) mass is 212 g/mol. The second-order valence-corrected chi connectivity index (χ2v) is 4.79. The Morgan fingerprint density at radius 1 is 1.47 bits per heavy atom. The number of hydrogen-bond donors (Lipinski definition) is 1. The lowest BCUT2D eigenvalue weighted by Gasteiger charge is -2.32. The van der Waals surface area contributed by atoms with Crippen LogP contribution in [0.25, 0.3) is 0 Å². The van der Waals surface area contributed by atoms with Crippen LogP contribution in [-0.2, 0) is 4.79 Å². The van der Waals surface area contributed by atoms with E-state index in [0.29, 0.717) is 6.42 Å². The standard InChI is InChI=1S/C12H24N2O/c1-3-4-11-5-7-14(8-6-11)12(15)9-10(2)13/h10-11H,3-9,13H2,1-2H3. The van der Waals surface area contributed by atoms with E-state index in [4.69, 9.17) is 5.73 Å². The molecule has 1 saturated heterocycles. The average Bonchev–Trinajstić information content (AvgIpc) is 2.18. The van der Waals surface area contributed by atoms with Gasteiger partial charge in [-0.1, -0.05) is 19.8 Å². The third kappa shape index (κ3) is 4.20. The number of carbonyl (C=O) groups excluding carboxylic acids is 1. The molecule has 0 radical (unpaired) electrons. The largest absolute Gasteiger partial charge is 0.343 e. The fraction of sp³-hybridized carbons (Fsp3) is 0.917. The van der Waals surface area contributed by atoms with Gasteiger partial charge in [0.1, 0.15) is 0 Å². The van der Waals surface area contributed by atoms with Gasteiger partial charge in [0.2, 0.25) is 5.91 Å². The number of amides is 1. The molecule has 15 heavy (non-hydrogen) atoms. The van der Waals surface area contributed by atoms with Crippen LogP contribution in [0.1, 0.15) is 46.0 Å². The van der Waals surface area contributed by atoms with Crippen LogP contribution >= 0.6 is 0 Å². The van der Waals surface area contributed by atoms with Gasteiger partial charge >= 0.3 is 0 Å². The number of nitrogens with zero attached hydrogens (tertiary/aromatic N) is 1. The molecule has 0 bridgehead atoms. The fourth-order valence-corrected chi connectivity index (χ4v) is 2.28. The van der Waals surface area contributed by atoms with Crippen LogP contribution in [0.5, 0.6) is 0 Å². The molecule has 1 atom stereocenters. The summed E-state index contributed by atoms with van der Waals surface area (Å²) in [5.41, 5.74) is 5.63. The Morgan fingerprint density at radius 3 is 2.53 bits per heavy atom. The Hall–Kier alpha value is -0.570. The molecule has 1 amide bonds. The number of piperidine rings is 1. The number of rotatable bonds is 4. The molecule has 1 rings (SSSR count). The van der Waals surface area contributed by atoms with Crippen molar-refractivity contribution in [2.75, 3.05) is 13.1 Å². The summed E-state index contributed by atoms with van der Waals surface area (Å²) in [5.74, 6) is 1.08. The van der Waals surface area contributed by atoms with Crippen LogP contribution in [0.2, 0.25) is 0 Å². The minimum Gasteiger partial charge on any atom is -0.343 e. The lowest BCUT2D eigenvalue weighted by atomic mass is 9.92. The predicted octanol–water partition coefficient (Wildman–Crippen LogP) is 1.76. The van der Waals surface area contributed by atoms with Crippen molar-refractivity contribution in [2.45, 2.75) is 52.0 Å². The molecular formula is C12H24N2O. The molecule has 3 heteroatoms. The Bertz CT molecular complexity index is 196. The normalized spacial score (nSPS) is 20.3. The zero-order valence-corrected chi connectivity index (χ0v) is 10.0. The first-order chi connectivity index (χ1) is 7.13. The van der Waals surface area contributed by atoms with Gasteiger partial charge in [0.15, 0.2) is 0 Å². The van der Waals surface area contributed by atoms with E-state index < -0.39 is 0 Å². The van der Waals surface area contributed by atoms with E-state index in [0.717, 1.165) is 19.0 Å². The summed E-state index contributed by atoms with van der Waals surface area (Å²) < 4.78 is 0. The summed E-state index contributed by atoms with van der Waals surface area (Å²) in [7, 11) is 0. The summed E-state index contributed by atoms with van der Waals surface area (Å²) in [6.07, 6.45) is 5.43. The number of hydrogen-bond acceptors (Lipinski definition) is 2. The summed E-state index contributed by atoms with van der Waals surface area (Å²) in [4.78, 5) is 13.7. The van der Waals surface area contributed by atoms with Gasteiger partial charge in [0, 0.05) is 25.6 Å². The van der Waals surface area contributed by atoms with E-state index in [1.54, 1.807) is 0 Å². The van der Waals surface area contributed by atoms with Gasteiger partial charge in [-0.3, -0.25) is 4.79 Å². The molecule has 0 aromatic heterocycles. The van der Waals surface area contributed by atoms with Crippen molar-refractivity contribution < 1.29 is 4.79 Å². The predicted molar refractivity (Wildman–Crippen MR) is 62.5 cm³/mol. The highest BCUT2D eigenvalue weighted by atomic mass is 16.2. The first kappa shape index (κ1) is 12.5. The third-order valence-corrected chi connectivity index (χ3v) is 3.16. The lowest BCUT2D eigenvalue weighted by molar-refractivity contribution is -0.132. The third-order valence-electron chi connectivity index (χ3n) is 3.16. The first-order valence-corrected chi connectivity index (χ1v) is 6.16. The molecule has 2 N–H and O–H groups in total. The molecule has 0 aromatic carbocycles. The van der Waals surface area contributed by atoms with Gasteiger partial charge in [-0.2, -0.15) is 0 Å². The molecule has 1 fully saturated rings. The van der Waals surface area contributed by atoms with Gasteiger partial charge in [-0.15, -0.1) is 0 Å². The SMILES string of the molecule is CCCC1CCN(C(=O)CC(C)N)CC1. The topological polar surface area (TPSA) is 46.3 Å². The van der Waals surface area contributed by atoms with Gasteiger partial charge in [-0.25, -0.2) is 0 Å². The molecule has 88 valence electrons. The molecule has 0 aliphatic carbocycles. The van der Waals surface area contributed by atoms with Crippen molar-refractivity contribution >= 4 is 5.91 Å². The molecule has 0 spiro atoms. The summed E-state index contributed by atoms with van der Waals surface area (Å²) >= 11 is 0. The molecule has 0 saturated carbocycles. The van der Waals surface area contributed by atoms with E-state index in [9.17, 15) is 4.79 Å². The Morgan fingerprint density at radius 2 is 2.07 bits per heavy atom.